The summed E-state index contributed by atoms with van der Waals surface area (Å²) in [4.78, 5) is 14.6. The van der Waals surface area contributed by atoms with E-state index in [-0.39, 0.29) is 11.9 Å². The van der Waals surface area contributed by atoms with Crippen LogP contribution in [0.15, 0.2) is 36.5 Å². The van der Waals surface area contributed by atoms with E-state index in [9.17, 15) is 4.79 Å². The monoisotopic (exact) mass is 342 g/mol. The maximum absolute atomic E-state index is 12.8. The first-order valence-corrected chi connectivity index (χ1v) is 7.98. The number of H-pyrrole nitrogens is 1. The molecule has 4 rings (SSSR count). The molecule has 1 N–H and O–H groups in total. The number of aromatic nitrogens is 5. The van der Waals surface area contributed by atoms with Gasteiger partial charge in [0.15, 0.2) is 11.6 Å². The van der Waals surface area contributed by atoms with Gasteiger partial charge in [0.25, 0.3) is 0 Å². The molecule has 0 fully saturated rings. The molecule has 1 aliphatic rings. The van der Waals surface area contributed by atoms with Crippen molar-refractivity contribution in [1.82, 2.24) is 29.9 Å². The number of aromatic amines is 1. The molecule has 3 heterocycles. The van der Waals surface area contributed by atoms with Gasteiger partial charge in [-0.1, -0.05) is 29.8 Å². The molecule has 0 bridgehead atoms. The Morgan fingerprint density at radius 1 is 1.29 bits per heavy atom. The van der Waals surface area contributed by atoms with Crippen molar-refractivity contribution in [3.8, 4) is 11.5 Å². The van der Waals surface area contributed by atoms with Gasteiger partial charge in [-0.2, -0.15) is 5.10 Å². The van der Waals surface area contributed by atoms with Crippen LogP contribution in [-0.2, 0) is 17.9 Å². The highest BCUT2D eigenvalue weighted by atomic mass is 35.5. The minimum atomic E-state index is -0.385. The Hall–Kier alpha value is -2.67. The molecule has 1 aromatic carbocycles. The lowest BCUT2D eigenvalue weighted by atomic mass is 10.1. The van der Waals surface area contributed by atoms with E-state index in [0.717, 1.165) is 17.1 Å². The summed E-state index contributed by atoms with van der Waals surface area (Å²) < 4.78 is 1.86. The Balaban J connectivity index is 1.67. The standard InChI is InChI=1S/C16H15ClN6O/c1-10-16(24)22(8-11-4-2-3-5-12(11)17)9-14-20-21-15(23(10)14)13-6-7-18-19-13/h2-7,10H,8-9H2,1H3,(H,18,19)/t10-/m0/s1. The van der Waals surface area contributed by atoms with E-state index in [1.54, 1.807) is 11.1 Å². The number of nitrogens with one attached hydrogen (secondary N) is 1. The van der Waals surface area contributed by atoms with Gasteiger partial charge >= 0.3 is 0 Å². The highest BCUT2D eigenvalue weighted by Gasteiger charge is 2.33. The summed E-state index contributed by atoms with van der Waals surface area (Å²) in [7, 11) is 0. The molecule has 1 amide bonds. The topological polar surface area (TPSA) is 79.7 Å². The first-order chi connectivity index (χ1) is 11.6. The number of carbonyl (C=O) groups is 1. The molecular weight excluding hydrogens is 328 g/mol. The molecule has 0 spiro atoms. The van der Waals surface area contributed by atoms with Crippen molar-refractivity contribution in [2.45, 2.75) is 26.1 Å². The van der Waals surface area contributed by atoms with Crippen LogP contribution < -0.4 is 0 Å². The zero-order valence-corrected chi connectivity index (χ0v) is 13.7. The van der Waals surface area contributed by atoms with Gasteiger partial charge in [-0.15, -0.1) is 10.2 Å². The van der Waals surface area contributed by atoms with Gasteiger partial charge in [-0.05, 0) is 24.6 Å². The van der Waals surface area contributed by atoms with E-state index in [0.29, 0.717) is 23.9 Å². The highest BCUT2D eigenvalue weighted by Crippen LogP contribution is 2.29. The van der Waals surface area contributed by atoms with Gasteiger partial charge in [-0.25, -0.2) is 0 Å². The fraction of sp³-hybridized carbons (Fsp3) is 0.250. The number of benzene rings is 1. The smallest absolute Gasteiger partial charge is 0.246 e. The Kier molecular flexibility index (Phi) is 3.57. The maximum atomic E-state index is 12.8. The van der Waals surface area contributed by atoms with Gasteiger partial charge in [0.1, 0.15) is 11.7 Å². The molecule has 24 heavy (non-hydrogen) atoms. The Bertz CT molecular complexity index is 888. The predicted octanol–water partition coefficient (Wildman–Crippen LogP) is 2.42. The Morgan fingerprint density at radius 2 is 2.12 bits per heavy atom. The summed E-state index contributed by atoms with van der Waals surface area (Å²) in [5.74, 6) is 1.39. The largest absolute Gasteiger partial charge is 0.329 e. The lowest BCUT2D eigenvalue weighted by molar-refractivity contribution is -0.137. The van der Waals surface area contributed by atoms with Crippen LogP contribution in [0.1, 0.15) is 24.4 Å². The number of amides is 1. The first kappa shape index (κ1) is 14.9. The molecule has 1 aliphatic heterocycles. The predicted molar refractivity (Wildman–Crippen MR) is 88.0 cm³/mol. The molecule has 8 heteroatoms. The van der Waals surface area contributed by atoms with Crippen LogP contribution in [0.25, 0.3) is 11.5 Å². The number of hydrogen-bond acceptors (Lipinski definition) is 4. The van der Waals surface area contributed by atoms with E-state index in [4.69, 9.17) is 11.6 Å². The van der Waals surface area contributed by atoms with Crippen molar-refractivity contribution >= 4 is 17.5 Å². The fourth-order valence-electron chi connectivity index (χ4n) is 2.99. The average molecular weight is 343 g/mol. The SMILES string of the molecule is C[C@H]1C(=O)N(Cc2ccccc2Cl)Cc2nnc(-c3ccn[nH]3)n21. The van der Waals surface area contributed by atoms with Gasteiger partial charge < -0.3 is 4.90 Å². The van der Waals surface area contributed by atoms with Crippen LogP contribution in [-0.4, -0.2) is 35.8 Å². The van der Waals surface area contributed by atoms with Crippen LogP contribution in [0.3, 0.4) is 0 Å². The van der Waals surface area contributed by atoms with Gasteiger partial charge in [0.2, 0.25) is 5.91 Å². The van der Waals surface area contributed by atoms with Crippen molar-refractivity contribution in [2.75, 3.05) is 0 Å². The molecule has 0 radical (unpaired) electrons. The molecule has 2 aromatic heterocycles. The second-order valence-electron chi connectivity index (χ2n) is 5.74. The third-order valence-corrected chi connectivity index (χ3v) is 4.58. The fourth-order valence-corrected chi connectivity index (χ4v) is 3.19. The molecule has 122 valence electrons. The highest BCUT2D eigenvalue weighted by molar-refractivity contribution is 6.31. The molecule has 0 aliphatic carbocycles. The summed E-state index contributed by atoms with van der Waals surface area (Å²) in [5.41, 5.74) is 1.66. The summed E-state index contributed by atoms with van der Waals surface area (Å²) >= 11 is 6.22. The molecule has 7 nitrogen and oxygen atoms in total. The van der Waals surface area contributed by atoms with Crippen molar-refractivity contribution in [3.05, 3.63) is 52.9 Å². The lowest BCUT2D eigenvalue weighted by Crippen LogP contribution is -2.41. The Labute approximate surface area is 143 Å². The minimum absolute atomic E-state index is 0.0167. The second kappa shape index (κ2) is 5.76. The number of fused-ring (bicyclic) bond motifs is 1. The molecule has 0 saturated heterocycles. The number of carbonyl (C=O) groups excluding carboxylic acids is 1. The summed E-state index contributed by atoms with van der Waals surface area (Å²) in [6.45, 7) is 2.71. The molecule has 0 saturated carbocycles. The van der Waals surface area contributed by atoms with E-state index in [2.05, 4.69) is 20.4 Å². The third-order valence-electron chi connectivity index (χ3n) is 4.22. The zero-order valence-electron chi connectivity index (χ0n) is 13.0. The van der Waals surface area contributed by atoms with Gasteiger partial charge in [0, 0.05) is 17.8 Å². The van der Waals surface area contributed by atoms with Crippen molar-refractivity contribution in [3.63, 3.8) is 0 Å². The maximum Gasteiger partial charge on any atom is 0.246 e. The Morgan fingerprint density at radius 3 is 2.88 bits per heavy atom. The van der Waals surface area contributed by atoms with Crippen molar-refractivity contribution in [2.24, 2.45) is 0 Å². The molecule has 0 unspecified atom stereocenters. The normalized spacial score (nSPS) is 17.2. The molecule has 3 aromatic rings. The van der Waals surface area contributed by atoms with Crippen LogP contribution in [0, 0.1) is 0 Å². The average Bonchev–Trinajstić information content (AvgIpc) is 3.23. The summed E-state index contributed by atoms with van der Waals surface area (Å²) in [6.07, 6.45) is 1.65. The minimum Gasteiger partial charge on any atom is -0.329 e. The van der Waals surface area contributed by atoms with E-state index in [1.165, 1.54) is 0 Å². The van der Waals surface area contributed by atoms with Gasteiger partial charge in [-0.3, -0.25) is 14.5 Å². The van der Waals surface area contributed by atoms with Crippen LogP contribution >= 0.6 is 11.6 Å². The van der Waals surface area contributed by atoms with Crippen LogP contribution in [0.4, 0.5) is 0 Å². The number of hydrogen-bond donors (Lipinski definition) is 1. The van der Waals surface area contributed by atoms with Crippen molar-refractivity contribution in [1.29, 1.82) is 0 Å². The lowest BCUT2D eigenvalue weighted by Gasteiger charge is -2.32. The second-order valence-corrected chi connectivity index (χ2v) is 6.15. The van der Waals surface area contributed by atoms with Crippen LogP contribution in [0.5, 0.6) is 0 Å². The van der Waals surface area contributed by atoms with Crippen LogP contribution in [0.2, 0.25) is 5.02 Å². The van der Waals surface area contributed by atoms with Gasteiger partial charge in [0.05, 0.1) is 6.54 Å². The molecule has 1 atom stereocenters. The summed E-state index contributed by atoms with van der Waals surface area (Å²) in [6, 6.07) is 8.97. The third kappa shape index (κ3) is 2.37. The van der Waals surface area contributed by atoms with E-state index >= 15 is 0 Å². The number of nitrogens with zero attached hydrogens (tertiary/aromatic N) is 5. The number of rotatable bonds is 3. The molecular formula is C16H15ClN6O. The van der Waals surface area contributed by atoms with E-state index < -0.39 is 0 Å². The first-order valence-electron chi connectivity index (χ1n) is 7.61. The zero-order chi connectivity index (χ0) is 16.7. The summed E-state index contributed by atoms with van der Waals surface area (Å²) in [5, 5.41) is 15.9. The number of halogens is 1. The quantitative estimate of drug-likeness (QED) is 0.792. The van der Waals surface area contributed by atoms with Crippen molar-refractivity contribution < 1.29 is 4.79 Å². The van der Waals surface area contributed by atoms with E-state index in [1.807, 2.05) is 41.8 Å².